The third-order valence-corrected chi connectivity index (χ3v) is 4.11. The Morgan fingerprint density at radius 1 is 0.957 bits per heavy atom. The number of methoxy groups -OCH3 is 1. The zero-order valence-corrected chi connectivity index (χ0v) is 12.4. The summed E-state index contributed by atoms with van der Waals surface area (Å²) < 4.78 is 6.32. The van der Waals surface area contributed by atoms with Crippen LogP contribution in [0.4, 0.5) is 0 Å². The van der Waals surface area contributed by atoms with Crippen LogP contribution in [0.1, 0.15) is 10.4 Å². The largest absolute Gasteiger partial charge is 0.465 e. The van der Waals surface area contributed by atoms with Crippen molar-refractivity contribution in [3.05, 3.63) is 76.7 Å². The molecule has 0 atom stereocenters. The van der Waals surface area contributed by atoms with E-state index in [-0.39, 0.29) is 11.1 Å². The normalized spacial score (nSPS) is 11.2. The van der Waals surface area contributed by atoms with Gasteiger partial charge in [0.15, 0.2) is 0 Å². The lowest BCUT2D eigenvalue weighted by Gasteiger charge is -2.11. The number of rotatable bonds is 1. The van der Waals surface area contributed by atoms with Gasteiger partial charge in [0.1, 0.15) is 5.56 Å². The van der Waals surface area contributed by atoms with Gasteiger partial charge in [-0.1, -0.05) is 30.3 Å². The molecule has 0 unspecified atom stereocenters. The van der Waals surface area contributed by atoms with Crippen molar-refractivity contribution < 1.29 is 9.53 Å². The van der Waals surface area contributed by atoms with Gasteiger partial charge in [-0.25, -0.2) is 4.79 Å². The van der Waals surface area contributed by atoms with Crippen molar-refractivity contribution in [2.45, 2.75) is 0 Å². The van der Waals surface area contributed by atoms with Crippen molar-refractivity contribution in [3.8, 4) is 0 Å². The first-order valence-corrected chi connectivity index (χ1v) is 7.25. The van der Waals surface area contributed by atoms with Crippen molar-refractivity contribution in [2.75, 3.05) is 7.11 Å². The second kappa shape index (κ2) is 4.95. The Bertz CT molecular complexity index is 1140. The molecule has 0 aliphatic rings. The SMILES string of the molecule is COC(=O)c1c(=O)n2ccccc2c2cc3ccccc3cc12. The molecule has 0 N–H and O–H groups in total. The fourth-order valence-corrected chi connectivity index (χ4v) is 3.03. The molecule has 0 radical (unpaired) electrons. The Hall–Kier alpha value is -3.14. The van der Waals surface area contributed by atoms with Gasteiger partial charge in [0.2, 0.25) is 0 Å². The summed E-state index contributed by atoms with van der Waals surface area (Å²) in [6.45, 7) is 0. The van der Waals surface area contributed by atoms with Crippen LogP contribution >= 0.6 is 0 Å². The lowest BCUT2D eigenvalue weighted by molar-refractivity contribution is 0.0601. The first-order valence-electron chi connectivity index (χ1n) is 7.25. The molecule has 4 aromatic rings. The summed E-state index contributed by atoms with van der Waals surface area (Å²) in [4.78, 5) is 24.9. The molecule has 2 aromatic carbocycles. The predicted molar refractivity (Wildman–Crippen MR) is 90.0 cm³/mol. The van der Waals surface area contributed by atoms with Gasteiger partial charge in [0, 0.05) is 17.0 Å². The second-order valence-electron chi connectivity index (χ2n) is 5.37. The average molecular weight is 303 g/mol. The minimum atomic E-state index is -0.617. The summed E-state index contributed by atoms with van der Waals surface area (Å²) in [7, 11) is 1.29. The number of carbonyl (C=O) groups excluding carboxylic acids is 1. The number of nitrogens with zero attached hydrogens (tertiary/aromatic N) is 1. The van der Waals surface area contributed by atoms with E-state index in [1.54, 1.807) is 12.3 Å². The molecule has 112 valence electrons. The molecule has 0 bridgehead atoms. The Morgan fingerprint density at radius 2 is 1.61 bits per heavy atom. The number of pyridine rings is 2. The number of ether oxygens (including phenoxy) is 1. The minimum Gasteiger partial charge on any atom is -0.465 e. The molecule has 0 amide bonds. The zero-order chi connectivity index (χ0) is 16.0. The van der Waals surface area contributed by atoms with Gasteiger partial charge in [0.05, 0.1) is 12.6 Å². The molecule has 0 spiro atoms. The molecule has 23 heavy (non-hydrogen) atoms. The molecule has 0 saturated carbocycles. The maximum Gasteiger partial charge on any atom is 0.344 e. The van der Waals surface area contributed by atoms with E-state index in [0.717, 1.165) is 21.7 Å². The first-order chi connectivity index (χ1) is 11.2. The number of carbonyl (C=O) groups is 1. The minimum absolute atomic E-state index is 0.0666. The maximum atomic E-state index is 12.7. The van der Waals surface area contributed by atoms with Crippen molar-refractivity contribution >= 4 is 33.0 Å². The highest BCUT2D eigenvalue weighted by atomic mass is 16.5. The van der Waals surface area contributed by atoms with Crippen LogP contribution in [0.3, 0.4) is 0 Å². The lowest BCUT2D eigenvalue weighted by Crippen LogP contribution is -2.23. The summed E-state index contributed by atoms with van der Waals surface area (Å²) >= 11 is 0. The van der Waals surface area contributed by atoms with E-state index in [9.17, 15) is 9.59 Å². The van der Waals surface area contributed by atoms with E-state index in [4.69, 9.17) is 4.74 Å². The summed E-state index contributed by atoms with van der Waals surface area (Å²) in [5.41, 5.74) is 0.470. The molecule has 4 nitrogen and oxygen atoms in total. The molecule has 4 heteroatoms. The highest BCUT2D eigenvalue weighted by Gasteiger charge is 2.19. The maximum absolute atomic E-state index is 12.7. The zero-order valence-electron chi connectivity index (χ0n) is 12.4. The van der Waals surface area contributed by atoms with Gasteiger partial charge >= 0.3 is 5.97 Å². The van der Waals surface area contributed by atoms with Crippen LogP contribution in [0.5, 0.6) is 0 Å². The summed E-state index contributed by atoms with van der Waals surface area (Å²) in [6, 6.07) is 17.3. The van der Waals surface area contributed by atoms with Crippen LogP contribution in [0, 0.1) is 0 Å². The topological polar surface area (TPSA) is 47.8 Å². The van der Waals surface area contributed by atoms with Crippen molar-refractivity contribution in [1.29, 1.82) is 0 Å². The van der Waals surface area contributed by atoms with E-state index in [1.165, 1.54) is 11.5 Å². The van der Waals surface area contributed by atoms with Gasteiger partial charge in [0.25, 0.3) is 5.56 Å². The predicted octanol–water partition coefficient (Wildman–Crippen LogP) is 3.39. The fourth-order valence-electron chi connectivity index (χ4n) is 3.03. The summed E-state index contributed by atoms with van der Waals surface area (Å²) in [6.07, 6.45) is 1.67. The highest BCUT2D eigenvalue weighted by molar-refractivity contribution is 6.13. The molecule has 0 aliphatic carbocycles. The number of hydrogen-bond acceptors (Lipinski definition) is 3. The van der Waals surface area contributed by atoms with Gasteiger partial charge in [-0.3, -0.25) is 9.20 Å². The second-order valence-corrected chi connectivity index (χ2v) is 5.37. The third kappa shape index (κ3) is 1.92. The third-order valence-electron chi connectivity index (χ3n) is 4.11. The molecule has 2 heterocycles. The molecular weight excluding hydrogens is 290 g/mol. The van der Waals surface area contributed by atoms with Crippen LogP contribution in [0.2, 0.25) is 0 Å². The van der Waals surface area contributed by atoms with Crippen LogP contribution < -0.4 is 5.56 Å². The van der Waals surface area contributed by atoms with Crippen LogP contribution in [0.15, 0.2) is 65.6 Å². The Balaban J connectivity index is 2.33. The van der Waals surface area contributed by atoms with E-state index in [0.29, 0.717) is 5.39 Å². The number of benzene rings is 2. The van der Waals surface area contributed by atoms with Gasteiger partial charge in [-0.05, 0) is 35.0 Å². The summed E-state index contributed by atoms with van der Waals surface area (Å²) in [5, 5.41) is 3.50. The first kappa shape index (κ1) is 13.5. The number of fused-ring (bicyclic) bond motifs is 4. The van der Waals surface area contributed by atoms with Crippen LogP contribution in [-0.2, 0) is 4.74 Å². The smallest absolute Gasteiger partial charge is 0.344 e. The van der Waals surface area contributed by atoms with Crippen LogP contribution in [0.25, 0.3) is 27.1 Å². The number of hydrogen-bond donors (Lipinski definition) is 0. The molecule has 0 fully saturated rings. The van der Waals surface area contributed by atoms with Crippen LogP contribution in [-0.4, -0.2) is 17.5 Å². The van der Waals surface area contributed by atoms with E-state index in [1.807, 2.05) is 48.5 Å². The van der Waals surface area contributed by atoms with Crippen molar-refractivity contribution in [1.82, 2.24) is 4.40 Å². The van der Waals surface area contributed by atoms with Gasteiger partial charge in [-0.15, -0.1) is 0 Å². The van der Waals surface area contributed by atoms with E-state index < -0.39 is 5.97 Å². The Morgan fingerprint density at radius 3 is 2.30 bits per heavy atom. The Labute approximate surface area is 131 Å². The quantitative estimate of drug-likeness (QED) is 0.308. The van der Waals surface area contributed by atoms with Gasteiger partial charge in [-0.2, -0.15) is 0 Å². The number of aromatic nitrogens is 1. The monoisotopic (exact) mass is 303 g/mol. The lowest BCUT2D eigenvalue weighted by atomic mass is 10.00. The van der Waals surface area contributed by atoms with Gasteiger partial charge < -0.3 is 4.74 Å². The number of esters is 1. The van der Waals surface area contributed by atoms with Crippen molar-refractivity contribution in [3.63, 3.8) is 0 Å². The van der Waals surface area contributed by atoms with E-state index in [2.05, 4.69) is 0 Å². The van der Waals surface area contributed by atoms with Crippen molar-refractivity contribution in [2.24, 2.45) is 0 Å². The van der Waals surface area contributed by atoms with E-state index >= 15 is 0 Å². The Kier molecular flexibility index (Phi) is 2.91. The fraction of sp³-hybridized carbons (Fsp3) is 0.0526. The summed E-state index contributed by atoms with van der Waals surface area (Å²) in [5.74, 6) is -0.617. The molecule has 0 aliphatic heterocycles. The molecular formula is C19H13NO3. The highest BCUT2D eigenvalue weighted by Crippen LogP contribution is 2.27. The molecule has 4 rings (SSSR count). The standard InChI is InChI=1S/C19H13NO3/c1-23-19(22)17-15-11-13-7-3-2-6-12(13)10-14(15)16-8-4-5-9-20(16)18(17)21/h2-11H,1H3. The average Bonchev–Trinajstić information content (AvgIpc) is 2.60. The molecule has 0 saturated heterocycles. The molecule has 2 aromatic heterocycles.